The summed E-state index contributed by atoms with van der Waals surface area (Å²) in [6, 6.07) is 13.9. The van der Waals surface area contributed by atoms with Crippen molar-refractivity contribution in [2.24, 2.45) is 5.16 Å². The molecule has 7 heteroatoms. The Balaban J connectivity index is 1.61. The number of rotatable bonds is 10. The van der Waals surface area contributed by atoms with Gasteiger partial charge in [0.25, 0.3) is 0 Å². The molecule has 3 rings (SSSR count). The van der Waals surface area contributed by atoms with E-state index in [2.05, 4.69) is 10.1 Å². The normalized spacial score (nSPS) is 17.3. The zero-order chi connectivity index (χ0) is 21.5. The Morgan fingerprint density at radius 1 is 1.20 bits per heavy atom. The van der Waals surface area contributed by atoms with E-state index in [1.807, 2.05) is 38.1 Å². The lowest BCUT2D eigenvalue weighted by Crippen LogP contribution is -2.39. The molecule has 1 aliphatic rings. The first-order valence-electron chi connectivity index (χ1n) is 10.1. The van der Waals surface area contributed by atoms with Gasteiger partial charge in [-0.05, 0) is 49.2 Å². The molecule has 2 aromatic carbocycles. The fourth-order valence-corrected chi connectivity index (χ4v) is 3.46. The van der Waals surface area contributed by atoms with Gasteiger partial charge < -0.3 is 14.7 Å². The van der Waals surface area contributed by atoms with Crippen LogP contribution in [0.1, 0.15) is 31.4 Å². The molecule has 1 aliphatic heterocycles. The lowest BCUT2D eigenvalue weighted by atomic mass is 10.0. The van der Waals surface area contributed by atoms with Crippen LogP contribution in [0.25, 0.3) is 0 Å². The van der Waals surface area contributed by atoms with Crippen LogP contribution in [0, 0.1) is 5.82 Å². The van der Waals surface area contributed by atoms with Crippen molar-refractivity contribution in [2.75, 3.05) is 19.7 Å². The molecule has 0 bridgehead atoms. The lowest BCUT2D eigenvalue weighted by molar-refractivity contribution is -0.0194. The molecule has 2 atom stereocenters. The molecule has 162 valence electrons. The molecule has 0 radical (unpaired) electrons. The summed E-state index contributed by atoms with van der Waals surface area (Å²) >= 11 is 5.96. The van der Waals surface area contributed by atoms with Gasteiger partial charge in [0.15, 0.2) is 0 Å². The van der Waals surface area contributed by atoms with Crippen molar-refractivity contribution in [1.29, 1.82) is 0 Å². The van der Waals surface area contributed by atoms with Crippen molar-refractivity contribution in [2.45, 2.75) is 45.1 Å². The highest BCUT2D eigenvalue weighted by molar-refractivity contribution is 6.30. The van der Waals surface area contributed by atoms with Crippen LogP contribution in [-0.4, -0.2) is 53.7 Å². The predicted molar refractivity (Wildman–Crippen MR) is 116 cm³/mol. The van der Waals surface area contributed by atoms with E-state index in [0.29, 0.717) is 31.1 Å². The van der Waals surface area contributed by atoms with Crippen molar-refractivity contribution in [1.82, 2.24) is 4.90 Å². The second kappa shape index (κ2) is 10.9. The molecule has 0 saturated carbocycles. The molecule has 0 amide bonds. The van der Waals surface area contributed by atoms with Crippen molar-refractivity contribution in [3.8, 4) is 0 Å². The van der Waals surface area contributed by atoms with Crippen molar-refractivity contribution >= 4 is 17.3 Å². The predicted octanol–water partition coefficient (Wildman–Crippen LogP) is 4.26. The first kappa shape index (κ1) is 22.7. The van der Waals surface area contributed by atoms with E-state index < -0.39 is 6.10 Å². The minimum atomic E-state index is -0.633. The second-order valence-corrected chi connectivity index (χ2v) is 8.27. The minimum absolute atomic E-state index is 0.0543. The first-order valence-corrected chi connectivity index (χ1v) is 10.5. The van der Waals surface area contributed by atoms with Gasteiger partial charge in [-0.3, -0.25) is 4.90 Å². The number of benzene rings is 2. The molecular weight excluding hydrogens is 407 g/mol. The summed E-state index contributed by atoms with van der Waals surface area (Å²) in [5.74, 6) is -0.268. The zero-order valence-corrected chi connectivity index (χ0v) is 18.1. The third-order valence-electron chi connectivity index (χ3n) is 4.78. The number of aliphatic hydroxyl groups is 1. The van der Waals surface area contributed by atoms with E-state index in [-0.39, 0.29) is 24.6 Å². The van der Waals surface area contributed by atoms with Crippen molar-refractivity contribution in [3.05, 3.63) is 70.5 Å². The lowest BCUT2D eigenvalue weighted by Gasteiger charge is -2.27. The number of hydrogen-bond acceptors (Lipinski definition) is 5. The number of aliphatic hydroxyl groups excluding tert-OH is 1. The van der Waals surface area contributed by atoms with Gasteiger partial charge in [-0.25, -0.2) is 4.39 Å². The molecule has 5 nitrogen and oxygen atoms in total. The summed E-state index contributed by atoms with van der Waals surface area (Å²) in [6.45, 7) is 5.69. The van der Waals surface area contributed by atoms with Gasteiger partial charge in [-0.2, -0.15) is 0 Å². The Labute approximate surface area is 182 Å². The van der Waals surface area contributed by atoms with E-state index in [4.69, 9.17) is 21.2 Å². The largest absolute Gasteiger partial charge is 0.390 e. The van der Waals surface area contributed by atoms with Crippen LogP contribution >= 0.6 is 11.6 Å². The maximum Gasteiger partial charge on any atom is 0.145 e. The van der Waals surface area contributed by atoms with E-state index in [1.165, 1.54) is 12.1 Å². The molecule has 0 saturated heterocycles. The van der Waals surface area contributed by atoms with Gasteiger partial charge in [0.2, 0.25) is 0 Å². The quantitative estimate of drug-likeness (QED) is 0.607. The molecule has 0 unspecified atom stereocenters. The summed E-state index contributed by atoms with van der Waals surface area (Å²) in [5.41, 5.74) is 2.82. The SMILES string of the molecule is CC(C)OC[C@@H](O)CN(Cc1ccc(F)cc1)C[C@H]1CC(c2ccc(Cl)cc2)=NO1. The highest BCUT2D eigenvalue weighted by Crippen LogP contribution is 2.20. The Morgan fingerprint density at radius 3 is 2.57 bits per heavy atom. The molecule has 0 aromatic heterocycles. The summed E-state index contributed by atoms with van der Waals surface area (Å²) < 4.78 is 18.8. The molecule has 0 fully saturated rings. The fourth-order valence-electron chi connectivity index (χ4n) is 3.33. The van der Waals surface area contributed by atoms with Gasteiger partial charge in [0.1, 0.15) is 11.9 Å². The Kier molecular flexibility index (Phi) is 8.22. The van der Waals surface area contributed by atoms with Gasteiger partial charge in [-0.15, -0.1) is 0 Å². The molecule has 0 aliphatic carbocycles. The Morgan fingerprint density at radius 2 is 1.90 bits per heavy atom. The van der Waals surface area contributed by atoms with Gasteiger partial charge in [-0.1, -0.05) is 41.0 Å². The monoisotopic (exact) mass is 434 g/mol. The van der Waals surface area contributed by atoms with Crippen LogP contribution in [-0.2, 0) is 16.1 Å². The summed E-state index contributed by atoms with van der Waals surface area (Å²) in [5, 5.41) is 15.3. The molecule has 30 heavy (non-hydrogen) atoms. The summed E-state index contributed by atoms with van der Waals surface area (Å²) in [7, 11) is 0. The number of nitrogens with zero attached hydrogens (tertiary/aromatic N) is 2. The zero-order valence-electron chi connectivity index (χ0n) is 17.3. The second-order valence-electron chi connectivity index (χ2n) is 7.83. The van der Waals surface area contributed by atoms with Gasteiger partial charge in [0, 0.05) is 31.1 Å². The molecule has 0 spiro atoms. The van der Waals surface area contributed by atoms with E-state index in [9.17, 15) is 9.50 Å². The maximum absolute atomic E-state index is 13.3. The molecular formula is C23H28ClFN2O3. The van der Waals surface area contributed by atoms with Crippen molar-refractivity contribution in [3.63, 3.8) is 0 Å². The Bertz CT molecular complexity index is 827. The van der Waals surface area contributed by atoms with Crippen LogP contribution < -0.4 is 0 Å². The number of oxime groups is 1. The summed E-state index contributed by atoms with van der Waals surface area (Å²) in [6.07, 6.45) is -0.0425. The highest BCUT2D eigenvalue weighted by Gasteiger charge is 2.26. The number of halogens is 2. The van der Waals surface area contributed by atoms with Gasteiger partial charge >= 0.3 is 0 Å². The smallest absolute Gasteiger partial charge is 0.145 e. The standard InChI is InChI=1S/C23H28ClFN2O3/c1-16(2)29-15-21(28)13-27(12-17-3-9-20(25)10-4-17)14-22-11-23(26-30-22)18-5-7-19(24)8-6-18/h3-10,16,21-22,28H,11-15H2,1-2H3/t21-,22+/m0/s1. The van der Waals surface area contributed by atoms with Crippen LogP contribution in [0.5, 0.6) is 0 Å². The Hall–Kier alpha value is -1.99. The first-order chi connectivity index (χ1) is 14.4. The third-order valence-corrected chi connectivity index (χ3v) is 5.03. The molecule has 1 N–H and O–H groups in total. The van der Waals surface area contributed by atoms with Crippen LogP contribution in [0.3, 0.4) is 0 Å². The number of hydrogen-bond donors (Lipinski definition) is 1. The third kappa shape index (κ3) is 7.06. The average Bonchev–Trinajstić information content (AvgIpc) is 3.17. The molecule has 1 heterocycles. The summed E-state index contributed by atoms with van der Waals surface area (Å²) in [4.78, 5) is 7.75. The topological polar surface area (TPSA) is 54.3 Å². The van der Waals surface area contributed by atoms with E-state index in [0.717, 1.165) is 16.8 Å². The fraction of sp³-hybridized carbons (Fsp3) is 0.435. The maximum atomic E-state index is 13.3. The van der Waals surface area contributed by atoms with Crippen LogP contribution in [0.2, 0.25) is 5.02 Å². The number of ether oxygens (including phenoxy) is 1. The van der Waals surface area contributed by atoms with Gasteiger partial charge in [0.05, 0.1) is 24.5 Å². The van der Waals surface area contributed by atoms with Crippen molar-refractivity contribution < 1.29 is 19.1 Å². The van der Waals surface area contributed by atoms with Crippen LogP contribution in [0.4, 0.5) is 4.39 Å². The van der Waals surface area contributed by atoms with E-state index in [1.54, 1.807) is 12.1 Å². The van der Waals surface area contributed by atoms with Crippen LogP contribution in [0.15, 0.2) is 53.7 Å². The molecule has 2 aromatic rings. The minimum Gasteiger partial charge on any atom is -0.390 e. The average molecular weight is 435 g/mol. The van der Waals surface area contributed by atoms with E-state index >= 15 is 0 Å². The highest BCUT2D eigenvalue weighted by atomic mass is 35.5.